The van der Waals surface area contributed by atoms with Crippen molar-refractivity contribution in [3.8, 4) is 5.75 Å². The molecule has 1 aliphatic heterocycles. The van der Waals surface area contributed by atoms with Crippen molar-refractivity contribution >= 4 is 23.0 Å². The Morgan fingerprint density at radius 3 is 2.43 bits per heavy atom. The van der Waals surface area contributed by atoms with Crippen LogP contribution in [0.25, 0.3) is 0 Å². The van der Waals surface area contributed by atoms with Crippen LogP contribution in [0, 0.1) is 0 Å². The van der Waals surface area contributed by atoms with Gasteiger partial charge in [-0.25, -0.2) is 0 Å². The van der Waals surface area contributed by atoms with Gasteiger partial charge in [0, 0.05) is 18.9 Å². The second-order valence-corrected chi connectivity index (χ2v) is 7.30. The number of rotatable bonds is 5. The van der Waals surface area contributed by atoms with E-state index < -0.39 is 17.7 Å². The lowest BCUT2D eigenvalue weighted by Gasteiger charge is -2.27. The van der Waals surface area contributed by atoms with Crippen molar-refractivity contribution in [1.82, 2.24) is 9.88 Å². The molecule has 1 aliphatic rings. The van der Waals surface area contributed by atoms with Crippen molar-refractivity contribution in [2.75, 3.05) is 0 Å². The lowest BCUT2D eigenvalue weighted by atomic mass is 9.95. The van der Waals surface area contributed by atoms with E-state index in [1.54, 1.807) is 54.2 Å². The average molecular weight is 392 g/mol. The average Bonchev–Trinajstić information content (AvgIpc) is 3.33. The molecule has 3 aromatic rings. The molecule has 1 amide bonds. The first-order chi connectivity index (χ1) is 13.6. The molecule has 1 unspecified atom stereocenters. The van der Waals surface area contributed by atoms with Crippen molar-refractivity contribution in [2.24, 2.45) is 0 Å². The molecular weight excluding hydrogens is 376 g/mol. The fourth-order valence-electron chi connectivity index (χ4n) is 3.28. The van der Waals surface area contributed by atoms with E-state index in [0.717, 1.165) is 5.56 Å². The molecule has 0 bridgehead atoms. The van der Waals surface area contributed by atoms with Gasteiger partial charge in [0.1, 0.15) is 5.75 Å². The van der Waals surface area contributed by atoms with E-state index in [1.165, 1.54) is 28.4 Å². The molecule has 1 aromatic carbocycles. The monoisotopic (exact) mass is 392 g/mol. The van der Waals surface area contributed by atoms with E-state index in [1.807, 2.05) is 0 Å². The van der Waals surface area contributed by atoms with Crippen LogP contribution in [0.4, 0.5) is 0 Å². The zero-order valence-corrected chi connectivity index (χ0v) is 15.5. The summed E-state index contributed by atoms with van der Waals surface area (Å²) >= 11 is 1.25. The Bertz CT molecular complexity index is 1040. The molecule has 3 heterocycles. The van der Waals surface area contributed by atoms with Crippen LogP contribution in [0.2, 0.25) is 0 Å². The Hall–Kier alpha value is -3.45. The number of amides is 1. The molecule has 0 saturated heterocycles. The number of phenolic OH excluding ortho intramolecular Hbond substituents is 1. The number of phenols is 1. The molecule has 0 aliphatic carbocycles. The summed E-state index contributed by atoms with van der Waals surface area (Å²) in [5.41, 5.74) is 1.50. The largest absolute Gasteiger partial charge is 0.508 e. The van der Waals surface area contributed by atoms with Crippen LogP contribution < -0.4 is 0 Å². The zero-order valence-electron chi connectivity index (χ0n) is 14.6. The van der Waals surface area contributed by atoms with Crippen molar-refractivity contribution in [3.05, 3.63) is 93.6 Å². The highest BCUT2D eigenvalue weighted by atomic mass is 32.1. The topological polar surface area (TPSA) is 90.7 Å². The SMILES string of the molecule is O=C(C1=C(O)C(=O)N(Cc2ccncc2)C1c1ccc(O)cc1)c1cccs1. The number of aliphatic hydroxyl groups excluding tert-OH is 1. The van der Waals surface area contributed by atoms with Gasteiger partial charge in [0.2, 0.25) is 5.78 Å². The van der Waals surface area contributed by atoms with Crippen LogP contribution in [-0.4, -0.2) is 31.8 Å². The van der Waals surface area contributed by atoms with Gasteiger partial charge in [-0.3, -0.25) is 14.6 Å². The van der Waals surface area contributed by atoms with E-state index in [-0.39, 0.29) is 23.7 Å². The number of carbonyl (C=O) groups is 2. The summed E-state index contributed by atoms with van der Waals surface area (Å²) in [4.78, 5) is 31.8. The molecule has 2 aromatic heterocycles. The van der Waals surface area contributed by atoms with Crippen LogP contribution in [0.1, 0.15) is 26.8 Å². The maximum Gasteiger partial charge on any atom is 0.290 e. The first-order valence-electron chi connectivity index (χ1n) is 8.56. The highest BCUT2D eigenvalue weighted by Gasteiger charge is 2.43. The maximum atomic E-state index is 13.1. The predicted octanol–water partition coefficient (Wildman–Crippen LogP) is 3.63. The van der Waals surface area contributed by atoms with E-state index in [2.05, 4.69) is 4.98 Å². The third kappa shape index (κ3) is 3.16. The third-order valence-electron chi connectivity index (χ3n) is 4.60. The molecule has 1 atom stereocenters. The molecule has 0 fully saturated rings. The van der Waals surface area contributed by atoms with E-state index in [9.17, 15) is 19.8 Å². The fourth-order valence-corrected chi connectivity index (χ4v) is 3.96. The van der Waals surface area contributed by atoms with E-state index >= 15 is 0 Å². The first-order valence-corrected chi connectivity index (χ1v) is 9.44. The number of hydrogen-bond acceptors (Lipinski definition) is 6. The van der Waals surface area contributed by atoms with Crippen LogP contribution >= 0.6 is 11.3 Å². The lowest BCUT2D eigenvalue weighted by molar-refractivity contribution is -0.130. The Labute approximate surface area is 165 Å². The summed E-state index contributed by atoms with van der Waals surface area (Å²) in [6.07, 6.45) is 3.24. The maximum absolute atomic E-state index is 13.1. The van der Waals surface area contributed by atoms with Gasteiger partial charge in [-0.2, -0.15) is 0 Å². The van der Waals surface area contributed by atoms with Gasteiger partial charge in [0.25, 0.3) is 5.91 Å². The minimum absolute atomic E-state index is 0.0483. The molecule has 0 saturated carbocycles. The number of ketones is 1. The number of aromatic nitrogens is 1. The van der Waals surface area contributed by atoms with Gasteiger partial charge in [-0.1, -0.05) is 18.2 Å². The molecule has 0 radical (unpaired) electrons. The van der Waals surface area contributed by atoms with Crippen molar-refractivity contribution in [2.45, 2.75) is 12.6 Å². The number of Topliss-reactive ketones (excluding diaryl/α,β-unsaturated/α-hetero) is 1. The molecule has 28 heavy (non-hydrogen) atoms. The Morgan fingerprint density at radius 1 is 1.07 bits per heavy atom. The number of benzene rings is 1. The second-order valence-electron chi connectivity index (χ2n) is 6.35. The number of hydrogen-bond donors (Lipinski definition) is 2. The summed E-state index contributed by atoms with van der Waals surface area (Å²) in [7, 11) is 0. The Kier molecular flexibility index (Phi) is 4.67. The van der Waals surface area contributed by atoms with Crippen LogP contribution in [0.3, 0.4) is 0 Å². The number of aromatic hydroxyl groups is 1. The van der Waals surface area contributed by atoms with Gasteiger partial charge in [0.05, 0.1) is 16.5 Å². The normalized spacial score (nSPS) is 16.6. The number of thiophene rings is 1. The van der Waals surface area contributed by atoms with Crippen LogP contribution in [0.5, 0.6) is 5.75 Å². The number of carbonyl (C=O) groups excluding carboxylic acids is 2. The Balaban J connectivity index is 1.79. The number of pyridine rings is 1. The van der Waals surface area contributed by atoms with Gasteiger partial charge >= 0.3 is 0 Å². The highest BCUT2D eigenvalue weighted by molar-refractivity contribution is 7.12. The quantitative estimate of drug-likeness (QED) is 0.647. The number of aliphatic hydroxyl groups is 1. The molecular formula is C21H16N2O4S. The van der Waals surface area contributed by atoms with Crippen LogP contribution in [-0.2, 0) is 11.3 Å². The van der Waals surface area contributed by atoms with E-state index in [0.29, 0.717) is 10.4 Å². The van der Waals surface area contributed by atoms with Gasteiger partial charge in [-0.05, 0) is 46.8 Å². The summed E-state index contributed by atoms with van der Waals surface area (Å²) in [6.45, 7) is 0.207. The van der Waals surface area contributed by atoms with Crippen molar-refractivity contribution in [3.63, 3.8) is 0 Å². The molecule has 0 spiro atoms. The fraction of sp³-hybridized carbons (Fsp3) is 0.0952. The Morgan fingerprint density at radius 2 is 1.79 bits per heavy atom. The first kappa shape index (κ1) is 17.9. The molecule has 7 heteroatoms. The molecule has 140 valence electrons. The van der Waals surface area contributed by atoms with E-state index in [4.69, 9.17) is 0 Å². The predicted molar refractivity (Wildman–Crippen MR) is 104 cm³/mol. The highest BCUT2D eigenvalue weighted by Crippen LogP contribution is 2.40. The minimum Gasteiger partial charge on any atom is -0.508 e. The zero-order chi connectivity index (χ0) is 19.7. The van der Waals surface area contributed by atoms with Gasteiger partial charge < -0.3 is 15.1 Å². The smallest absolute Gasteiger partial charge is 0.290 e. The number of nitrogens with zero attached hydrogens (tertiary/aromatic N) is 2. The second kappa shape index (κ2) is 7.28. The minimum atomic E-state index is -0.754. The molecule has 2 N–H and O–H groups in total. The third-order valence-corrected chi connectivity index (χ3v) is 5.47. The summed E-state index contributed by atoms with van der Waals surface area (Å²) < 4.78 is 0. The summed E-state index contributed by atoms with van der Waals surface area (Å²) in [5, 5.41) is 22.0. The van der Waals surface area contributed by atoms with Gasteiger partial charge in [0.15, 0.2) is 5.76 Å². The van der Waals surface area contributed by atoms with Gasteiger partial charge in [-0.15, -0.1) is 11.3 Å². The molecule has 4 rings (SSSR count). The van der Waals surface area contributed by atoms with Crippen molar-refractivity contribution in [1.29, 1.82) is 0 Å². The molecule has 6 nitrogen and oxygen atoms in total. The van der Waals surface area contributed by atoms with Crippen LogP contribution in [0.15, 0.2) is 77.6 Å². The van der Waals surface area contributed by atoms with Crippen molar-refractivity contribution < 1.29 is 19.8 Å². The summed E-state index contributed by atoms with van der Waals surface area (Å²) in [5.74, 6) is -1.44. The standard InChI is InChI=1S/C21H16N2O4S/c24-15-5-3-14(4-6-15)18-17(19(25)16-2-1-11-28-16)20(26)21(27)23(18)12-13-7-9-22-10-8-13/h1-11,18,24,26H,12H2. The lowest BCUT2D eigenvalue weighted by Crippen LogP contribution is -2.30. The summed E-state index contributed by atoms with van der Waals surface area (Å²) in [6, 6.07) is 12.5.